The number of rotatable bonds is 4. The molecule has 1 aromatic carbocycles. The average Bonchev–Trinajstić information content (AvgIpc) is 2.96. The van der Waals surface area contributed by atoms with E-state index in [1.165, 1.54) is 11.1 Å². The molecule has 21 heavy (non-hydrogen) atoms. The molecule has 2 heterocycles. The second-order valence-electron chi connectivity index (χ2n) is 5.41. The molecule has 0 bridgehead atoms. The number of imidazole rings is 1. The largest absolute Gasteiger partial charge is 0.489 e. The zero-order valence-electron chi connectivity index (χ0n) is 12.3. The Kier molecular flexibility index (Phi) is 3.87. The molecule has 0 unspecified atom stereocenters. The van der Waals surface area contributed by atoms with Gasteiger partial charge in [0.15, 0.2) is 4.77 Å². The summed E-state index contributed by atoms with van der Waals surface area (Å²) in [4.78, 5) is 3.29. The quantitative estimate of drug-likeness (QED) is 0.693. The first-order chi connectivity index (χ1) is 10.1. The van der Waals surface area contributed by atoms with Crippen molar-refractivity contribution in [1.29, 1.82) is 0 Å². The summed E-state index contributed by atoms with van der Waals surface area (Å²) in [6.07, 6.45) is 0.139. The number of benzene rings is 1. The second-order valence-corrected chi connectivity index (χ2v) is 6.54. The van der Waals surface area contributed by atoms with E-state index in [1.807, 2.05) is 26.0 Å². The van der Waals surface area contributed by atoms with Gasteiger partial charge in [-0.1, -0.05) is 6.07 Å². The molecule has 3 rings (SSSR count). The molecule has 0 spiro atoms. The molecule has 0 aliphatic carbocycles. The van der Waals surface area contributed by atoms with Crippen molar-refractivity contribution in [2.75, 3.05) is 0 Å². The van der Waals surface area contributed by atoms with E-state index in [4.69, 9.17) is 17.0 Å². The van der Waals surface area contributed by atoms with Crippen molar-refractivity contribution in [2.45, 2.75) is 33.4 Å². The van der Waals surface area contributed by atoms with Crippen LogP contribution >= 0.6 is 23.6 Å². The molecule has 0 radical (unpaired) electrons. The lowest BCUT2D eigenvalue weighted by atomic mass is 10.2. The minimum absolute atomic E-state index is 0.139. The Morgan fingerprint density at radius 3 is 2.81 bits per heavy atom. The Morgan fingerprint density at radius 2 is 2.14 bits per heavy atom. The van der Waals surface area contributed by atoms with Crippen molar-refractivity contribution in [3.05, 3.63) is 44.9 Å². The molecule has 1 N–H and O–H groups in total. The van der Waals surface area contributed by atoms with E-state index in [-0.39, 0.29) is 6.10 Å². The molecule has 3 aromatic rings. The number of hydrogen-bond donors (Lipinski definition) is 1. The maximum atomic E-state index is 5.87. The van der Waals surface area contributed by atoms with Crippen LogP contribution < -0.4 is 4.74 Å². The smallest absolute Gasteiger partial charge is 0.178 e. The minimum Gasteiger partial charge on any atom is -0.489 e. The average molecular weight is 318 g/mol. The van der Waals surface area contributed by atoms with Crippen molar-refractivity contribution in [3.8, 4) is 5.75 Å². The maximum absolute atomic E-state index is 5.87. The summed E-state index contributed by atoms with van der Waals surface area (Å²) in [5.74, 6) is 0.856. The molecule has 5 heteroatoms. The van der Waals surface area contributed by atoms with Crippen molar-refractivity contribution in [2.24, 2.45) is 0 Å². The predicted octanol–water partition coefficient (Wildman–Crippen LogP) is 4.90. The Morgan fingerprint density at radius 1 is 1.33 bits per heavy atom. The lowest BCUT2D eigenvalue weighted by molar-refractivity contribution is 0.245. The molecule has 0 saturated carbocycles. The highest BCUT2D eigenvalue weighted by Crippen LogP contribution is 2.27. The van der Waals surface area contributed by atoms with Crippen LogP contribution in [0.25, 0.3) is 11.0 Å². The van der Waals surface area contributed by atoms with Crippen LogP contribution in [0.3, 0.4) is 0 Å². The molecule has 0 aliphatic rings. The first-order valence-electron chi connectivity index (χ1n) is 6.96. The maximum Gasteiger partial charge on any atom is 0.178 e. The topological polar surface area (TPSA) is 29.9 Å². The fourth-order valence-corrected chi connectivity index (χ4v) is 3.50. The number of aryl methyl sites for hydroxylation is 1. The van der Waals surface area contributed by atoms with Gasteiger partial charge in [0.1, 0.15) is 11.3 Å². The highest BCUT2D eigenvalue weighted by Gasteiger charge is 2.11. The predicted molar refractivity (Wildman–Crippen MR) is 91.0 cm³/mol. The fraction of sp³-hybridized carbons (Fsp3) is 0.312. The van der Waals surface area contributed by atoms with Gasteiger partial charge in [0.2, 0.25) is 0 Å². The molecule has 0 fully saturated rings. The van der Waals surface area contributed by atoms with Crippen LogP contribution in [0.1, 0.15) is 25.0 Å². The fourth-order valence-electron chi connectivity index (χ4n) is 2.38. The van der Waals surface area contributed by atoms with E-state index in [0.29, 0.717) is 0 Å². The third kappa shape index (κ3) is 2.76. The minimum atomic E-state index is 0.139. The summed E-state index contributed by atoms with van der Waals surface area (Å²) in [5.41, 5.74) is 4.69. The van der Waals surface area contributed by atoms with Crippen LogP contribution in [0, 0.1) is 11.7 Å². The summed E-state index contributed by atoms with van der Waals surface area (Å²) < 4.78 is 8.73. The van der Waals surface area contributed by atoms with Gasteiger partial charge in [-0.05, 0) is 67.0 Å². The lowest BCUT2D eigenvalue weighted by Gasteiger charge is -2.10. The van der Waals surface area contributed by atoms with E-state index >= 15 is 0 Å². The number of hydrogen-bond acceptors (Lipinski definition) is 3. The summed E-state index contributed by atoms with van der Waals surface area (Å²) >= 11 is 7.23. The van der Waals surface area contributed by atoms with Gasteiger partial charge >= 0.3 is 0 Å². The third-order valence-corrected chi connectivity index (χ3v) is 4.66. The van der Waals surface area contributed by atoms with E-state index < -0.39 is 0 Å². The Labute approximate surface area is 133 Å². The zero-order valence-corrected chi connectivity index (χ0v) is 14.0. The lowest BCUT2D eigenvalue weighted by Crippen LogP contribution is -2.06. The van der Waals surface area contributed by atoms with Gasteiger partial charge in [0.25, 0.3) is 0 Å². The van der Waals surface area contributed by atoms with Gasteiger partial charge in [-0.3, -0.25) is 0 Å². The van der Waals surface area contributed by atoms with Gasteiger partial charge in [-0.25, -0.2) is 0 Å². The van der Waals surface area contributed by atoms with Crippen molar-refractivity contribution in [1.82, 2.24) is 9.55 Å². The Hall–Kier alpha value is -1.59. The van der Waals surface area contributed by atoms with Gasteiger partial charge in [0, 0.05) is 0 Å². The molecule has 0 aliphatic heterocycles. The molecule has 0 amide bonds. The first kappa shape index (κ1) is 14.4. The number of nitrogens with one attached hydrogen (secondary N) is 1. The van der Waals surface area contributed by atoms with Gasteiger partial charge in [-0.2, -0.15) is 11.3 Å². The molecule has 110 valence electrons. The monoisotopic (exact) mass is 318 g/mol. The summed E-state index contributed by atoms with van der Waals surface area (Å²) in [5, 5.41) is 4.35. The second kappa shape index (κ2) is 5.66. The molecule has 0 saturated heterocycles. The van der Waals surface area contributed by atoms with Crippen LogP contribution in [0.5, 0.6) is 5.75 Å². The van der Waals surface area contributed by atoms with Crippen LogP contribution in [-0.2, 0) is 6.54 Å². The zero-order chi connectivity index (χ0) is 15.0. The molecule has 0 atom stereocenters. The van der Waals surface area contributed by atoms with Crippen LogP contribution in [0.2, 0.25) is 0 Å². The van der Waals surface area contributed by atoms with Crippen LogP contribution in [0.4, 0.5) is 0 Å². The van der Waals surface area contributed by atoms with Gasteiger partial charge < -0.3 is 14.3 Å². The molecule has 3 nitrogen and oxygen atoms in total. The normalized spacial score (nSPS) is 11.4. The van der Waals surface area contributed by atoms with E-state index in [0.717, 1.165) is 28.1 Å². The number of aromatic amines is 1. The molecular weight excluding hydrogens is 300 g/mol. The van der Waals surface area contributed by atoms with Gasteiger partial charge in [0.05, 0.1) is 18.2 Å². The number of nitrogens with zero attached hydrogens (tertiary/aromatic N) is 1. The number of fused-ring (bicyclic) bond motifs is 1. The highest BCUT2D eigenvalue weighted by molar-refractivity contribution is 7.71. The standard InChI is InChI=1S/C16H18N2OS2/c1-10(2)19-14-6-4-5-13-15(14)17-16(20)18(13)7-12-9-21-8-11(12)3/h4-6,8-10H,7H2,1-3H3,(H,17,20). The summed E-state index contributed by atoms with van der Waals surface area (Å²) in [6, 6.07) is 6.07. The van der Waals surface area contributed by atoms with E-state index in [9.17, 15) is 0 Å². The number of thiophene rings is 1. The Bertz CT molecular complexity index is 826. The van der Waals surface area contributed by atoms with E-state index in [1.54, 1.807) is 11.3 Å². The van der Waals surface area contributed by atoms with Crippen molar-refractivity contribution >= 4 is 34.6 Å². The molecular formula is C16H18N2OS2. The Balaban J connectivity index is 2.10. The van der Waals surface area contributed by atoms with Crippen molar-refractivity contribution in [3.63, 3.8) is 0 Å². The first-order valence-corrected chi connectivity index (χ1v) is 8.31. The third-order valence-electron chi connectivity index (χ3n) is 3.42. The number of aromatic nitrogens is 2. The molecule has 2 aromatic heterocycles. The number of ether oxygens (including phenoxy) is 1. The summed E-state index contributed by atoms with van der Waals surface area (Å²) in [7, 11) is 0. The van der Waals surface area contributed by atoms with Crippen LogP contribution in [-0.4, -0.2) is 15.7 Å². The highest BCUT2D eigenvalue weighted by atomic mass is 32.1. The van der Waals surface area contributed by atoms with Gasteiger partial charge in [-0.15, -0.1) is 0 Å². The summed E-state index contributed by atoms with van der Waals surface area (Å²) in [6.45, 7) is 6.98. The number of H-pyrrole nitrogens is 1. The number of para-hydroxylation sites is 1. The van der Waals surface area contributed by atoms with Crippen LogP contribution in [0.15, 0.2) is 29.0 Å². The van der Waals surface area contributed by atoms with Crippen molar-refractivity contribution < 1.29 is 4.74 Å². The van der Waals surface area contributed by atoms with E-state index in [2.05, 4.69) is 33.3 Å². The SMILES string of the molecule is Cc1cscc1Cn1c(=S)[nH]c2c(OC(C)C)cccc21.